The van der Waals surface area contributed by atoms with Crippen LogP contribution in [0.4, 0.5) is 4.39 Å². The van der Waals surface area contributed by atoms with Crippen molar-refractivity contribution in [1.29, 1.82) is 0 Å². The Bertz CT molecular complexity index is 562. The van der Waals surface area contributed by atoms with Gasteiger partial charge >= 0.3 is 7.05 Å². The van der Waals surface area contributed by atoms with Crippen LogP contribution in [0.1, 0.15) is 16.1 Å². The molecule has 0 saturated heterocycles. The van der Waals surface area contributed by atoms with E-state index < -0.39 is 19.9 Å². The van der Waals surface area contributed by atoms with Gasteiger partial charge < -0.3 is 15.0 Å². The number of halogens is 1. The monoisotopic (exact) mass is 264 g/mol. The van der Waals surface area contributed by atoms with Gasteiger partial charge in [0.05, 0.1) is 11.2 Å². The third kappa shape index (κ3) is 6.65. The molecule has 19 heavy (non-hydrogen) atoms. The quantitative estimate of drug-likeness (QED) is 0.486. The molecule has 100 valence electrons. The summed E-state index contributed by atoms with van der Waals surface area (Å²) in [5.74, 6) is 4.59. The first-order valence-electron chi connectivity index (χ1n) is 7.33. The Balaban J connectivity index is 2.56. The Morgan fingerprint density at radius 1 is 1.58 bits per heavy atom. The molecule has 0 aromatic heterocycles. The fourth-order valence-corrected chi connectivity index (χ4v) is 1.31. The molecule has 0 amide bonds. The average molecular weight is 264 g/mol. The summed E-state index contributed by atoms with van der Waals surface area (Å²) in [5, 5.41) is 11.7. The van der Waals surface area contributed by atoms with E-state index in [-0.39, 0.29) is 5.75 Å². The van der Waals surface area contributed by atoms with Crippen molar-refractivity contribution in [3.63, 3.8) is 0 Å². The lowest BCUT2D eigenvalue weighted by atomic mass is 9.89. The van der Waals surface area contributed by atoms with Crippen LogP contribution in [0.5, 0.6) is 5.75 Å². The first kappa shape index (κ1) is 11.1. The van der Waals surface area contributed by atoms with E-state index in [1.807, 2.05) is 0 Å². The van der Waals surface area contributed by atoms with E-state index in [9.17, 15) is 4.39 Å². The van der Waals surface area contributed by atoms with Crippen LogP contribution in [-0.2, 0) is 0 Å². The molecule has 0 saturated carbocycles. The second-order valence-corrected chi connectivity index (χ2v) is 3.85. The number of ether oxygens (including phenoxy) is 1. The summed E-state index contributed by atoms with van der Waals surface area (Å²) in [6.07, 6.45) is 1.66. The SMILES string of the molecule is [2H]C([2H])([2H])Oc1ccc(C=C(F)C#CCCNB(C)O)cc1. The predicted octanol–water partition coefficient (Wildman–Crippen LogP) is 2.10. The van der Waals surface area contributed by atoms with Crippen LogP contribution in [0, 0.1) is 11.8 Å². The number of allylic oxidation sites excluding steroid dienone is 1. The molecule has 0 aliphatic carbocycles. The molecule has 1 rings (SSSR count). The highest BCUT2D eigenvalue weighted by atomic mass is 19.1. The van der Waals surface area contributed by atoms with Gasteiger partial charge in [0, 0.05) is 6.42 Å². The zero-order valence-electron chi connectivity index (χ0n) is 13.6. The molecule has 1 aromatic carbocycles. The van der Waals surface area contributed by atoms with Crippen molar-refractivity contribution in [2.75, 3.05) is 13.6 Å². The predicted molar refractivity (Wildman–Crippen MR) is 76.3 cm³/mol. The number of hydrogen-bond acceptors (Lipinski definition) is 3. The summed E-state index contributed by atoms with van der Waals surface area (Å²) < 4.78 is 39.2. The molecule has 0 heterocycles. The summed E-state index contributed by atoms with van der Waals surface area (Å²) in [4.78, 5) is 0. The molecule has 1 aromatic rings. The molecule has 0 bridgehead atoms. The Morgan fingerprint density at radius 3 is 2.95 bits per heavy atom. The van der Waals surface area contributed by atoms with E-state index in [1.54, 1.807) is 6.82 Å². The Labute approximate surface area is 117 Å². The van der Waals surface area contributed by atoms with Crippen molar-refractivity contribution in [1.82, 2.24) is 5.23 Å². The van der Waals surface area contributed by atoms with E-state index in [4.69, 9.17) is 13.9 Å². The van der Waals surface area contributed by atoms with Crippen LogP contribution < -0.4 is 9.96 Å². The van der Waals surface area contributed by atoms with Crippen molar-refractivity contribution < 1.29 is 18.3 Å². The van der Waals surface area contributed by atoms with Crippen LogP contribution in [0.15, 0.2) is 30.1 Å². The molecule has 0 unspecified atom stereocenters. The maximum atomic E-state index is 13.5. The van der Waals surface area contributed by atoms with Gasteiger partial charge in [-0.3, -0.25) is 0 Å². The van der Waals surface area contributed by atoms with E-state index >= 15 is 0 Å². The second kappa shape index (κ2) is 8.36. The van der Waals surface area contributed by atoms with E-state index in [1.165, 1.54) is 30.3 Å². The molecular weight excluding hydrogens is 244 g/mol. The van der Waals surface area contributed by atoms with E-state index in [0.29, 0.717) is 18.5 Å². The summed E-state index contributed by atoms with van der Waals surface area (Å²) in [6.45, 7) is 2.06. The third-order valence-electron chi connectivity index (χ3n) is 2.19. The highest BCUT2D eigenvalue weighted by Gasteiger charge is 1.97. The zero-order chi connectivity index (χ0) is 16.6. The Kier molecular flexibility index (Phi) is 4.88. The first-order valence-corrected chi connectivity index (χ1v) is 5.83. The maximum Gasteiger partial charge on any atom is 0.373 e. The van der Waals surface area contributed by atoms with Gasteiger partial charge in [0.25, 0.3) is 0 Å². The molecule has 2 N–H and O–H groups in total. The van der Waals surface area contributed by atoms with Crippen molar-refractivity contribution in [3.05, 3.63) is 35.7 Å². The highest BCUT2D eigenvalue weighted by molar-refractivity contribution is 6.45. The minimum atomic E-state index is -2.51. The molecule has 0 atom stereocenters. The number of nitrogens with one attached hydrogen (secondary N) is 1. The van der Waals surface area contributed by atoms with E-state index in [0.717, 1.165) is 0 Å². The van der Waals surface area contributed by atoms with Crippen LogP contribution in [0.25, 0.3) is 6.08 Å². The van der Waals surface area contributed by atoms with Crippen molar-refractivity contribution in [2.24, 2.45) is 0 Å². The van der Waals surface area contributed by atoms with Crippen molar-refractivity contribution in [3.8, 4) is 17.6 Å². The van der Waals surface area contributed by atoms with Gasteiger partial charge in [0.15, 0.2) is 5.83 Å². The van der Waals surface area contributed by atoms with E-state index in [2.05, 4.69) is 17.1 Å². The first-order chi connectivity index (χ1) is 10.3. The second-order valence-electron chi connectivity index (χ2n) is 3.85. The molecule has 5 heteroatoms. The number of methoxy groups -OCH3 is 1. The minimum Gasteiger partial charge on any atom is -0.497 e. The van der Waals surface area contributed by atoms with Gasteiger partial charge in [0.2, 0.25) is 0 Å². The van der Waals surface area contributed by atoms with Gasteiger partial charge in [-0.2, -0.15) is 4.39 Å². The van der Waals surface area contributed by atoms with Crippen LogP contribution in [0.3, 0.4) is 0 Å². The van der Waals surface area contributed by atoms with Crippen LogP contribution >= 0.6 is 0 Å². The molecule has 0 radical (unpaired) electrons. The number of hydrogen-bond donors (Lipinski definition) is 2. The smallest absolute Gasteiger partial charge is 0.373 e. The average Bonchev–Trinajstić information content (AvgIpc) is 2.38. The fraction of sp³-hybridized carbons (Fsp3) is 0.286. The normalized spacial score (nSPS) is 13.6. The number of rotatable bonds is 5. The summed E-state index contributed by atoms with van der Waals surface area (Å²) in [6, 6.07) is 5.98. The highest BCUT2D eigenvalue weighted by Crippen LogP contribution is 2.14. The van der Waals surface area contributed by atoms with Gasteiger partial charge in [-0.15, -0.1) is 0 Å². The van der Waals surface area contributed by atoms with Crippen molar-refractivity contribution >= 4 is 13.1 Å². The lowest BCUT2D eigenvalue weighted by Gasteiger charge is -1.99. The van der Waals surface area contributed by atoms with Crippen LogP contribution in [0.2, 0.25) is 6.82 Å². The molecule has 0 spiro atoms. The molecule has 0 aliphatic heterocycles. The Morgan fingerprint density at radius 2 is 2.32 bits per heavy atom. The topological polar surface area (TPSA) is 41.5 Å². The third-order valence-corrected chi connectivity index (χ3v) is 2.19. The van der Waals surface area contributed by atoms with Gasteiger partial charge in [-0.25, -0.2) is 0 Å². The Hall–Kier alpha value is -1.77. The summed E-state index contributed by atoms with van der Waals surface area (Å²) in [5.41, 5.74) is 0.548. The van der Waals surface area contributed by atoms with Gasteiger partial charge in [-0.1, -0.05) is 18.1 Å². The maximum absolute atomic E-state index is 13.5. The van der Waals surface area contributed by atoms with Gasteiger partial charge in [0.1, 0.15) is 5.75 Å². The molecule has 0 aliphatic rings. The lowest BCUT2D eigenvalue weighted by molar-refractivity contribution is 0.415. The van der Waals surface area contributed by atoms with Crippen LogP contribution in [-0.4, -0.2) is 25.7 Å². The fourth-order valence-electron chi connectivity index (χ4n) is 1.31. The van der Waals surface area contributed by atoms with Gasteiger partial charge in [-0.05, 0) is 43.1 Å². The minimum absolute atomic E-state index is 0.188. The molecular formula is C14H17BFNO2. The number of benzene rings is 1. The largest absolute Gasteiger partial charge is 0.497 e. The summed E-state index contributed by atoms with van der Waals surface area (Å²) >= 11 is 0. The lowest BCUT2D eigenvalue weighted by Crippen LogP contribution is -2.30. The molecule has 0 fully saturated rings. The summed E-state index contributed by atoms with van der Waals surface area (Å²) in [7, 11) is -3.12. The molecule has 3 nitrogen and oxygen atoms in total. The zero-order valence-corrected chi connectivity index (χ0v) is 10.6. The van der Waals surface area contributed by atoms with Crippen molar-refractivity contribution in [2.45, 2.75) is 13.2 Å². The standard InChI is InChI=1S/C14H17BFNO2/c1-15(18)17-10-4-3-5-13(16)11-12-6-8-14(19-2)9-7-12/h6-9,11,17-18H,4,10H2,1-2H3/i2D3.